The van der Waals surface area contributed by atoms with Gasteiger partial charge in [-0.05, 0) is 12.5 Å². The number of guanidine groups is 1. The number of aliphatic imine (C=N–C) groups is 1. The van der Waals surface area contributed by atoms with E-state index in [1.807, 2.05) is 18.2 Å². The summed E-state index contributed by atoms with van der Waals surface area (Å²) in [5, 5.41) is 6.63. The highest BCUT2D eigenvalue weighted by molar-refractivity contribution is 14.0. The molecule has 124 valence electrons. The summed E-state index contributed by atoms with van der Waals surface area (Å²) in [5.74, 6) is 1.70. The molecule has 0 saturated heterocycles. The molecule has 0 saturated carbocycles. The number of unbranched alkanes of at least 4 members (excludes halogenated alkanes) is 2. The molecule has 4 nitrogen and oxygen atoms in total. The van der Waals surface area contributed by atoms with E-state index in [4.69, 9.17) is 4.74 Å². The Hall–Kier alpha value is -1.24. The van der Waals surface area contributed by atoms with Crippen LogP contribution in [0.1, 0.15) is 31.7 Å². The van der Waals surface area contributed by atoms with Crippen LogP contribution >= 0.6 is 24.0 Å². The summed E-state index contributed by atoms with van der Waals surface area (Å²) in [6.07, 6.45) is 5.37. The molecule has 0 aromatic heterocycles. The van der Waals surface area contributed by atoms with E-state index in [1.165, 1.54) is 12.8 Å². The first-order chi connectivity index (χ1) is 10.3. The molecule has 0 fully saturated rings. The van der Waals surface area contributed by atoms with Crippen molar-refractivity contribution < 1.29 is 4.74 Å². The zero-order valence-electron chi connectivity index (χ0n) is 13.6. The quantitative estimate of drug-likeness (QED) is 0.212. The normalized spacial score (nSPS) is 10.5. The number of ether oxygens (including phenoxy) is 1. The zero-order chi connectivity index (χ0) is 15.3. The fourth-order valence-electron chi connectivity index (χ4n) is 1.92. The summed E-state index contributed by atoms with van der Waals surface area (Å²) < 4.78 is 5.65. The average Bonchev–Trinajstić information content (AvgIpc) is 2.53. The Morgan fingerprint density at radius 3 is 2.73 bits per heavy atom. The van der Waals surface area contributed by atoms with Gasteiger partial charge in [-0.1, -0.05) is 50.6 Å². The maximum absolute atomic E-state index is 5.65. The molecule has 1 rings (SSSR count). The minimum Gasteiger partial charge on any atom is -0.489 e. The van der Waals surface area contributed by atoms with Crippen molar-refractivity contribution in [1.82, 2.24) is 10.6 Å². The molecule has 0 aliphatic heterocycles. The molecule has 0 amide bonds. The molecule has 2 N–H and O–H groups in total. The molecule has 0 atom stereocenters. The lowest BCUT2D eigenvalue weighted by atomic mass is 10.2. The second-order valence-corrected chi connectivity index (χ2v) is 4.77. The number of hydrogen-bond donors (Lipinski definition) is 2. The first-order valence-corrected chi connectivity index (χ1v) is 7.58. The van der Waals surface area contributed by atoms with E-state index < -0.39 is 0 Å². The van der Waals surface area contributed by atoms with Crippen LogP contribution in [0.4, 0.5) is 0 Å². The fraction of sp³-hybridized carbons (Fsp3) is 0.471. The molecule has 0 aliphatic carbocycles. The van der Waals surface area contributed by atoms with Crippen LogP contribution in [0.15, 0.2) is 41.9 Å². The van der Waals surface area contributed by atoms with E-state index in [0.29, 0.717) is 13.2 Å². The van der Waals surface area contributed by atoms with Crippen LogP contribution < -0.4 is 15.4 Å². The van der Waals surface area contributed by atoms with Crippen molar-refractivity contribution in [2.24, 2.45) is 4.99 Å². The number of benzene rings is 1. The maximum Gasteiger partial charge on any atom is 0.191 e. The second-order valence-electron chi connectivity index (χ2n) is 4.77. The topological polar surface area (TPSA) is 45.6 Å². The van der Waals surface area contributed by atoms with Gasteiger partial charge in [0.25, 0.3) is 0 Å². The third-order valence-electron chi connectivity index (χ3n) is 3.07. The number of rotatable bonds is 9. The van der Waals surface area contributed by atoms with E-state index >= 15 is 0 Å². The molecular weight excluding hydrogens is 389 g/mol. The minimum absolute atomic E-state index is 0. The van der Waals surface area contributed by atoms with Gasteiger partial charge in [0.1, 0.15) is 12.4 Å². The molecule has 1 aromatic carbocycles. The zero-order valence-corrected chi connectivity index (χ0v) is 15.9. The van der Waals surface area contributed by atoms with Crippen molar-refractivity contribution in [1.29, 1.82) is 0 Å². The Bertz CT molecular complexity index is 449. The van der Waals surface area contributed by atoms with Gasteiger partial charge in [-0.15, -0.1) is 24.0 Å². The smallest absolute Gasteiger partial charge is 0.191 e. The third kappa shape index (κ3) is 8.26. The van der Waals surface area contributed by atoms with Gasteiger partial charge in [0.15, 0.2) is 5.96 Å². The number of halogens is 1. The number of para-hydroxylation sites is 1. The van der Waals surface area contributed by atoms with Crippen LogP contribution in [0.3, 0.4) is 0 Å². The van der Waals surface area contributed by atoms with Crippen molar-refractivity contribution in [3.63, 3.8) is 0 Å². The summed E-state index contributed by atoms with van der Waals surface area (Å²) >= 11 is 0. The van der Waals surface area contributed by atoms with Crippen LogP contribution in [-0.4, -0.2) is 26.2 Å². The number of hydrogen-bond acceptors (Lipinski definition) is 2. The Balaban J connectivity index is 0.00000441. The summed E-state index contributed by atoms with van der Waals surface area (Å²) in [5.41, 5.74) is 1.11. The average molecular weight is 417 g/mol. The van der Waals surface area contributed by atoms with Crippen LogP contribution in [0.5, 0.6) is 5.75 Å². The van der Waals surface area contributed by atoms with Crippen molar-refractivity contribution >= 4 is 29.9 Å². The highest BCUT2D eigenvalue weighted by Gasteiger charge is 2.03. The third-order valence-corrected chi connectivity index (χ3v) is 3.07. The van der Waals surface area contributed by atoms with Gasteiger partial charge in [-0.2, -0.15) is 0 Å². The van der Waals surface area contributed by atoms with Crippen molar-refractivity contribution in [2.45, 2.75) is 32.7 Å². The van der Waals surface area contributed by atoms with E-state index in [-0.39, 0.29) is 24.0 Å². The molecular formula is C17H28IN3O. The Morgan fingerprint density at radius 2 is 2.05 bits per heavy atom. The lowest BCUT2D eigenvalue weighted by molar-refractivity contribution is 0.358. The van der Waals surface area contributed by atoms with Crippen molar-refractivity contribution in [3.8, 4) is 5.75 Å². The monoisotopic (exact) mass is 417 g/mol. The van der Waals surface area contributed by atoms with Gasteiger partial charge in [0.05, 0.1) is 0 Å². The maximum atomic E-state index is 5.65. The highest BCUT2D eigenvalue weighted by atomic mass is 127. The molecule has 0 heterocycles. The Morgan fingerprint density at radius 1 is 1.27 bits per heavy atom. The SMILES string of the molecule is C=CCOc1ccccc1CNC(=NC)NCCCCC.I. The molecule has 5 heteroatoms. The summed E-state index contributed by atoms with van der Waals surface area (Å²) in [4.78, 5) is 4.23. The summed E-state index contributed by atoms with van der Waals surface area (Å²) in [6, 6.07) is 8.00. The largest absolute Gasteiger partial charge is 0.489 e. The van der Waals surface area contributed by atoms with E-state index in [1.54, 1.807) is 13.1 Å². The predicted molar refractivity (Wildman–Crippen MR) is 105 cm³/mol. The lowest BCUT2D eigenvalue weighted by Crippen LogP contribution is -2.37. The summed E-state index contributed by atoms with van der Waals surface area (Å²) in [6.45, 7) is 8.02. The van der Waals surface area contributed by atoms with Crippen LogP contribution in [0, 0.1) is 0 Å². The highest BCUT2D eigenvalue weighted by Crippen LogP contribution is 2.17. The van der Waals surface area contributed by atoms with Gasteiger partial charge in [0.2, 0.25) is 0 Å². The molecule has 0 unspecified atom stereocenters. The second kappa shape index (κ2) is 13.4. The number of nitrogens with one attached hydrogen (secondary N) is 2. The predicted octanol–water partition coefficient (Wildman–Crippen LogP) is 3.72. The van der Waals surface area contributed by atoms with Crippen LogP contribution in [-0.2, 0) is 6.54 Å². The Kier molecular flexibility index (Phi) is 12.7. The molecule has 0 radical (unpaired) electrons. The van der Waals surface area contributed by atoms with E-state index in [0.717, 1.165) is 30.2 Å². The van der Waals surface area contributed by atoms with Crippen molar-refractivity contribution in [2.75, 3.05) is 20.2 Å². The van der Waals surface area contributed by atoms with Crippen LogP contribution in [0.2, 0.25) is 0 Å². The lowest BCUT2D eigenvalue weighted by Gasteiger charge is -2.14. The summed E-state index contributed by atoms with van der Waals surface area (Å²) in [7, 11) is 1.79. The first-order valence-electron chi connectivity index (χ1n) is 7.58. The molecule has 22 heavy (non-hydrogen) atoms. The number of nitrogens with zero attached hydrogens (tertiary/aromatic N) is 1. The van der Waals surface area contributed by atoms with E-state index in [2.05, 4.69) is 35.2 Å². The minimum atomic E-state index is 0. The fourth-order valence-corrected chi connectivity index (χ4v) is 1.92. The van der Waals surface area contributed by atoms with Gasteiger partial charge >= 0.3 is 0 Å². The van der Waals surface area contributed by atoms with Gasteiger partial charge in [-0.3, -0.25) is 4.99 Å². The first kappa shape index (κ1) is 20.8. The van der Waals surface area contributed by atoms with Crippen molar-refractivity contribution in [3.05, 3.63) is 42.5 Å². The van der Waals surface area contributed by atoms with Crippen LogP contribution in [0.25, 0.3) is 0 Å². The molecule has 0 spiro atoms. The van der Waals surface area contributed by atoms with Gasteiger partial charge in [0, 0.05) is 25.7 Å². The molecule has 1 aromatic rings. The van der Waals surface area contributed by atoms with E-state index in [9.17, 15) is 0 Å². The molecule has 0 aliphatic rings. The van der Waals surface area contributed by atoms with Gasteiger partial charge < -0.3 is 15.4 Å². The van der Waals surface area contributed by atoms with Gasteiger partial charge in [-0.25, -0.2) is 0 Å². The molecule has 0 bridgehead atoms. The Labute approximate surface area is 151 Å². The standard InChI is InChI=1S/C17H27N3O.HI/c1-4-6-9-12-19-17(18-3)20-14-15-10-7-8-11-16(15)21-13-5-2;/h5,7-8,10-11H,2,4,6,9,12-14H2,1,3H3,(H2,18,19,20);1H.